The summed E-state index contributed by atoms with van der Waals surface area (Å²) in [5, 5.41) is 4.38. The Hall–Kier alpha value is -1.20. The van der Waals surface area contributed by atoms with Crippen LogP contribution in [0.15, 0.2) is 35.2 Å². The van der Waals surface area contributed by atoms with Gasteiger partial charge in [-0.1, -0.05) is 0 Å². The quantitative estimate of drug-likeness (QED) is 0.853. The molecule has 4 nitrogen and oxygen atoms in total. The lowest BCUT2D eigenvalue weighted by Crippen LogP contribution is -2.18. The van der Waals surface area contributed by atoms with Crippen molar-refractivity contribution < 1.29 is 4.74 Å². The molecule has 3 rings (SSSR count). The van der Waals surface area contributed by atoms with Crippen molar-refractivity contribution >= 4 is 15.9 Å². The second-order valence-corrected chi connectivity index (χ2v) is 5.31. The molecule has 18 heavy (non-hydrogen) atoms. The van der Waals surface area contributed by atoms with Crippen LogP contribution in [0.3, 0.4) is 0 Å². The molecule has 0 radical (unpaired) electrons. The molecule has 3 heterocycles. The van der Waals surface area contributed by atoms with E-state index in [2.05, 4.69) is 26.0 Å². The molecule has 1 aliphatic rings. The van der Waals surface area contributed by atoms with Crippen molar-refractivity contribution in [3.05, 3.63) is 35.2 Å². The van der Waals surface area contributed by atoms with E-state index in [0.717, 1.165) is 35.2 Å². The van der Waals surface area contributed by atoms with Gasteiger partial charge in [-0.15, -0.1) is 0 Å². The Labute approximate surface area is 114 Å². The van der Waals surface area contributed by atoms with Crippen LogP contribution in [0.5, 0.6) is 0 Å². The van der Waals surface area contributed by atoms with E-state index in [1.165, 1.54) is 6.42 Å². The molecule has 0 saturated carbocycles. The zero-order valence-corrected chi connectivity index (χ0v) is 11.5. The SMILES string of the molecule is Brc1ccc(-c2cnn(C3CCCCO3)c2)nc1. The van der Waals surface area contributed by atoms with Gasteiger partial charge in [-0.25, -0.2) is 4.68 Å². The number of hydrogen-bond acceptors (Lipinski definition) is 3. The van der Waals surface area contributed by atoms with Crippen molar-refractivity contribution in [3.63, 3.8) is 0 Å². The highest BCUT2D eigenvalue weighted by Gasteiger charge is 2.16. The molecule has 1 unspecified atom stereocenters. The molecule has 5 heteroatoms. The average Bonchev–Trinajstić information content (AvgIpc) is 2.90. The standard InChI is InChI=1S/C13H14BrN3O/c14-11-4-5-12(15-8-11)10-7-16-17(9-10)13-3-1-2-6-18-13/h4-5,7-9,13H,1-3,6H2. The van der Waals surface area contributed by atoms with Gasteiger partial charge >= 0.3 is 0 Å². The summed E-state index contributed by atoms with van der Waals surface area (Å²) in [4.78, 5) is 4.37. The van der Waals surface area contributed by atoms with Crippen molar-refractivity contribution in [1.29, 1.82) is 0 Å². The Bertz CT molecular complexity index is 517. The van der Waals surface area contributed by atoms with Crippen molar-refractivity contribution in [2.45, 2.75) is 25.5 Å². The maximum absolute atomic E-state index is 5.70. The second kappa shape index (κ2) is 5.20. The average molecular weight is 308 g/mol. The van der Waals surface area contributed by atoms with Crippen molar-refractivity contribution in [3.8, 4) is 11.3 Å². The molecular weight excluding hydrogens is 294 g/mol. The van der Waals surface area contributed by atoms with Crippen molar-refractivity contribution in [2.75, 3.05) is 6.61 Å². The Morgan fingerprint density at radius 1 is 1.28 bits per heavy atom. The van der Waals surface area contributed by atoms with Crippen LogP contribution in [-0.4, -0.2) is 21.4 Å². The van der Waals surface area contributed by atoms with Gasteiger partial charge in [0.25, 0.3) is 0 Å². The van der Waals surface area contributed by atoms with Crippen LogP contribution in [0.1, 0.15) is 25.5 Å². The molecular formula is C13H14BrN3O. The summed E-state index contributed by atoms with van der Waals surface area (Å²) in [6, 6.07) is 3.96. The Morgan fingerprint density at radius 3 is 2.94 bits per heavy atom. The van der Waals surface area contributed by atoms with E-state index in [4.69, 9.17) is 4.74 Å². The number of hydrogen-bond donors (Lipinski definition) is 0. The summed E-state index contributed by atoms with van der Waals surface area (Å²) in [5.74, 6) is 0. The molecule has 1 aliphatic heterocycles. The molecule has 2 aromatic rings. The molecule has 0 aromatic carbocycles. The summed E-state index contributed by atoms with van der Waals surface area (Å²) in [5.41, 5.74) is 1.96. The lowest BCUT2D eigenvalue weighted by molar-refractivity contribution is -0.0394. The lowest BCUT2D eigenvalue weighted by atomic mass is 10.2. The van der Waals surface area contributed by atoms with Crippen LogP contribution in [0.4, 0.5) is 0 Å². The molecule has 1 atom stereocenters. The topological polar surface area (TPSA) is 39.9 Å². The molecule has 2 aromatic heterocycles. The Morgan fingerprint density at radius 2 is 2.22 bits per heavy atom. The first-order chi connectivity index (χ1) is 8.83. The van der Waals surface area contributed by atoms with Gasteiger partial charge in [-0.2, -0.15) is 5.10 Å². The van der Waals surface area contributed by atoms with Gasteiger partial charge in [0, 0.05) is 29.0 Å². The van der Waals surface area contributed by atoms with Crippen molar-refractivity contribution in [1.82, 2.24) is 14.8 Å². The van der Waals surface area contributed by atoms with Gasteiger partial charge in [-0.3, -0.25) is 4.98 Å². The van der Waals surface area contributed by atoms with E-state index in [1.807, 2.05) is 29.2 Å². The maximum atomic E-state index is 5.70. The predicted molar refractivity (Wildman–Crippen MR) is 72.0 cm³/mol. The van der Waals surface area contributed by atoms with E-state index in [1.54, 1.807) is 6.20 Å². The predicted octanol–water partition coefficient (Wildman–Crippen LogP) is 3.41. The summed E-state index contributed by atoms with van der Waals surface area (Å²) in [6.07, 6.45) is 9.12. The molecule has 0 N–H and O–H groups in total. The van der Waals surface area contributed by atoms with Gasteiger partial charge < -0.3 is 4.74 Å². The molecule has 0 amide bonds. The van der Waals surface area contributed by atoms with E-state index in [-0.39, 0.29) is 6.23 Å². The molecule has 94 valence electrons. The molecule has 1 saturated heterocycles. The normalized spacial score (nSPS) is 19.9. The van der Waals surface area contributed by atoms with Gasteiger partial charge in [0.1, 0.15) is 6.23 Å². The summed E-state index contributed by atoms with van der Waals surface area (Å²) < 4.78 is 8.59. The lowest BCUT2D eigenvalue weighted by Gasteiger charge is -2.22. The first kappa shape index (κ1) is 11.9. The summed E-state index contributed by atoms with van der Waals surface area (Å²) in [7, 11) is 0. The second-order valence-electron chi connectivity index (χ2n) is 4.39. The van der Waals surface area contributed by atoms with Gasteiger partial charge in [0.05, 0.1) is 11.9 Å². The van der Waals surface area contributed by atoms with Gasteiger partial charge in [0.15, 0.2) is 0 Å². The summed E-state index contributed by atoms with van der Waals surface area (Å²) in [6.45, 7) is 0.830. The largest absolute Gasteiger partial charge is 0.357 e. The third-order valence-electron chi connectivity index (χ3n) is 3.08. The van der Waals surface area contributed by atoms with Crippen LogP contribution in [0.2, 0.25) is 0 Å². The highest BCUT2D eigenvalue weighted by atomic mass is 79.9. The van der Waals surface area contributed by atoms with E-state index in [0.29, 0.717) is 0 Å². The number of ether oxygens (including phenoxy) is 1. The minimum Gasteiger partial charge on any atom is -0.357 e. The number of nitrogens with zero attached hydrogens (tertiary/aromatic N) is 3. The van der Waals surface area contributed by atoms with Gasteiger partial charge in [-0.05, 0) is 47.3 Å². The number of halogens is 1. The first-order valence-corrected chi connectivity index (χ1v) is 6.90. The van der Waals surface area contributed by atoms with Crippen LogP contribution in [-0.2, 0) is 4.74 Å². The van der Waals surface area contributed by atoms with Crippen LogP contribution in [0, 0.1) is 0 Å². The van der Waals surface area contributed by atoms with Gasteiger partial charge in [0.2, 0.25) is 0 Å². The molecule has 0 aliphatic carbocycles. The fraction of sp³-hybridized carbons (Fsp3) is 0.385. The van der Waals surface area contributed by atoms with Crippen LogP contribution in [0.25, 0.3) is 11.3 Å². The number of aromatic nitrogens is 3. The van der Waals surface area contributed by atoms with Crippen LogP contribution < -0.4 is 0 Å². The highest BCUT2D eigenvalue weighted by molar-refractivity contribution is 9.10. The zero-order chi connectivity index (χ0) is 12.4. The molecule has 1 fully saturated rings. The van der Waals surface area contributed by atoms with Crippen molar-refractivity contribution in [2.24, 2.45) is 0 Å². The van der Waals surface area contributed by atoms with E-state index in [9.17, 15) is 0 Å². The molecule has 0 bridgehead atoms. The maximum Gasteiger partial charge on any atom is 0.150 e. The minimum atomic E-state index is 0.0861. The first-order valence-electron chi connectivity index (χ1n) is 6.10. The minimum absolute atomic E-state index is 0.0861. The van der Waals surface area contributed by atoms with E-state index >= 15 is 0 Å². The fourth-order valence-electron chi connectivity index (χ4n) is 2.11. The number of rotatable bonds is 2. The fourth-order valence-corrected chi connectivity index (χ4v) is 2.34. The monoisotopic (exact) mass is 307 g/mol. The van der Waals surface area contributed by atoms with Crippen LogP contribution >= 0.6 is 15.9 Å². The highest BCUT2D eigenvalue weighted by Crippen LogP contribution is 2.24. The Kier molecular flexibility index (Phi) is 3.43. The van der Waals surface area contributed by atoms with E-state index < -0.39 is 0 Å². The third-order valence-corrected chi connectivity index (χ3v) is 3.54. The number of pyridine rings is 1. The Balaban J connectivity index is 1.82. The smallest absolute Gasteiger partial charge is 0.150 e. The zero-order valence-electron chi connectivity index (χ0n) is 9.92. The third kappa shape index (κ3) is 2.47. The summed E-state index contributed by atoms with van der Waals surface area (Å²) >= 11 is 3.38. The molecule has 0 spiro atoms.